The summed E-state index contributed by atoms with van der Waals surface area (Å²) in [7, 11) is 3.25. The lowest BCUT2D eigenvalue weighted by Crippen LogP contribution is -2.36. The van der Waals surface area contributed by atoms with E-state index in [1.165, 1.54) is 6.42 Å². The van der Waals surface area contributed by atoms with Gasteiger partial charge in [0.15, 0.2) is 0 Å². The molecule has 0 aliphatic heterocycles. The normalized spacial score (nSPS) is 16.4. The molecule has 1 amide bonds. The second-order valence-electron chi connectivity index (χ2n) is 4.97. The summed E-state index contributed by atoms with van der Waals surface area (Å²) in [6, 6.07) is 5.59. The van der Waals surface area contributed by atoms with Crippen LogP contribution in [0.2, 0.25) is 0 Å². The van der Waals surface area contributed by atoms with E-state index in [-0.39, 0.29) is 17.9 Å². The summed E-state index contributed by atoms with van der Waals surface area (Å²) in [6.45, 7) is 1.97. The number of nitrogens with one attached hydrogen (secondary N) is 1. The van der Waals surface area contributed by atoms with Crippen molar-refractivity contribution < 1.29 is 14.3 Å². The summed E-state index contributed by atoms with van der Waals surface area (Å²) in [5.41, 5.74) is 0.968. The molecule has 2 rings (SSSR count). The van der Waals surface area contributed by atoms with Crippen LogP contribution >= 0.6 is 0 Å². The van der Waals surface area contributed by atoms with Crippen molar-refractivity contribution >= 4 is 5.91 Å². The highest BCUT2D eigenvalue weighted by Gasteiger charge is 2.26. The minimum absolute atomic E-state index is 0.0612. The zero-order valence-corrected chi connectivity index (χ0v) is 11.7. The highest BCUT2D eigenvalue weighted by Crippen LogP contribution is 2.31. The Labute approximate surface area is 114 Å². The van der Waals surface area contributed by atoms with Crippen molar-refractivity contribution in [2.75, 3.05) is 14.2 Å². The number of hydrogen-bond acceptors (Lipinski definition) is 3. The van der Waals surface area contributed by atoms with Gasteiger partial charge in [0.2, 0.25) is 5.91 Å². The topological polar surface area (TPSA) is 47.6 Å². The molecule has 1 fully saturated rings. The first-order valence-electron chi connectivity index (χ1n) is 6.68. The van der Waals surface area contributed by atoms with Crippen molar-refractivity contribution in [3.63, 3.8) is 0 Å². The quantitative estimate of drug-likeness (QED) is 0.888. The largest absolute Gasteiger partial charge is 0.497 e. The molecule has 0 bridgehead atoms. The average Bonchev–Trinajstić information content (AvgIpc) is 2.35. The predicted octanol–water partition coefficient (Wildman–Crippen LogP) is 2.68. The molecule has 1 aromatic carbocycles. The van der Waals surface area contributed by atoms with Gasteiger partial charge in [-0.1, -0.05) is 6.42 Å². The Morgan fingerprint density at radius 1 is 1.32 bits per heavy atom. The van der Waals surface area contributed by atoms with E-state index in [1.807, 2.05) is 25.1 Å². The van der Waals surface area contributed by atoms with Crippen molar-refractivity contribution in [3.05, 3.63) is 23.8 Å². The molecule has 104 valence electrons. The third kappa shape index (κ3) is 3.00. The van der Waals surface area contributed by atoms with E-state index in [2.05, 4.69) is 5.32 Å². The first-order valence-corrected chi connectivity index (χ1v) is 6.68. The molecule has 0 heterocycles. The Bertz CT molecular complexity index is 455. The van der Waals surface area contributed by atoms with Crippen LogP contribution in [-0.4, -0.2) is 20.1 Å². The molecule has 1 saturated carbocycles. The van der Waals surface area contributed by atoms with Crippen molar-refractivity contribution in [1.82, 2.24) is 5.32 Å². The van der Waals surface area contributed by atoms with Gasteiger partial charge in [-0.2, -0.15) is 0 Å². The van der Waals surface area contributed by atoms with Gasteiger partial charge >= 0.3 is 0 Å². The molecule has 4 heteroatoms. The van der Waals surface area contributed by atoms with Gasteiger partial charge in [-0.05, 0) is 31.9 Å². The third-order valence-electron chi connectivity index (χ3n) is 3.74. The Kier molecular flexibility index (Phi) is 4.30. The van der Waals surface area contributed by atoms with Crippen LogP contribution in [0.1, 0.15) is 37.8 Å². The lowest BCUT2D eigenvalue weighted by Gasteiger charge is -2.26. The fourth-order valence-electron chi connectivity index (χ4n) is 2.26. The molecule has 0 radical (unpaired) electrons. The number of amides is 1. The van der Waals surface area contributed by atoms with Crippen molar-refractivity contribution in [1.29, 1.82) is 0 Å². The lowest BCUT2D eigenvalue weighted by atomic mass is 9.84. The molecule has 1 N–H and O–H groups in total. The number of carbonyl (C=O) groups is 1. The van der Waals surface area contributed by atoms with Gasteiger partial charge in [0.1, 0.15) is 11.5 Å². The van der Waals surface area contributed by atoms with Crippen molar-refractivity contribution in [2.45, 2.75) is 32.2 Å². The summed E-state index contributed by atoms with van der Waals surface area (Å²) in [4.78, 5) is 12.0. The standard InChI is InChI=1S/C15H21NO3/c1-10(16-15(17)11-5-4-6-11)13-8-7-12(18-2)9-14(13)19-3/h7-11H,4-6H2,1-3H3,(H,16,17). The second-order valence-corrected chi connectivity index (χ2v) is 4.97. The molecule has 1 aliphatic carbocycles. The molecule has 1 unspecified atom stereocenters. The van der Waals surface area contributed by atoms with Gasteiger partial charge in [-0.3, -0.25) is 4.79 Å². The van der Waals surface area contributed by atoms with Crippen LogP contribution in [0.5, 0.6) is 11.5 Å². The maximum absolute atomic E-state index is 12.0. The van der Waals surface area contributed by atoms with Gasteiger partial charge in [0.05, 0.1) is 20.3 Å². The summed E-state index contributed by atoms with van der Waals surface area (Å²) >= 11 is 0. The molecule has 1 aromatic rings. The zero-order chi connectivity index (χ0) is 13.8. The fourth-order valence-corrected chi connectivity index (χ4v) is 2.26. The molecule has 4 nitrogen and oxygen atoms in total. The van der Waals surface area contributed by atoms with Crippen LogP contribution < -0.4 is 14.8 Å². The highest BCUT2D eigenvalue weighted by atomic mass is 16.5. The van der Waals surface area contributed by atoms with Crippen LogP contribution in [-0.2, 0) is 4.79 Å². The number of rotatable bonds is 5. The minimum atomic E-state index is -0.0612. The van der Waals surface area contributed by atoms with Gasteiger partial charge < -0.3 is 14.8 Å². The van der Waals surface area contributed by atoms with Crippen LogP contribution in [0.3, 0.4) is 0 Å². The summed E-state index contributed by atoms with van der Waals surface area (Å²) in [5.74, 6) is 1.84. The third-order valence-corrected chi connectivity index (χ3v) is 3.74. The monoisotopic (exact) mass is 263 g/mol. The zero-order valence-electron chi connectivity index (χ0n) is 11.7. The maximum Gasteiger partial charge on any atom is 0.223 e. The highest BCUT2D eigenvalue weighted by molar-refractivity contribution is 5.79. The predicted molar refractivity (Wildman–Crippen MR) is 73.4 cm³/mol. The number of carbonyl (C=O) groups excluding carboxylic acids is 1. The van der Waals surface area contributed by atoms with Crippen molar-refractivity contribution in [2.24, 2.45) is 5.92 Å². The SMILES string of the molecule is COc1ccc(C(C)NC(=O)C2CCC2)c(OC)c1. The summed E-state index contributed by atoms with van der Waals surface area (Å²) in [5, 5.41) is 3.05. The van der Waals surface area contributed by atoms with E-state index in [0.29, 0.717) is 0 Å². The number of hydrogen-bond donors (Lipinski definition) is 1. The van der Waals surface area contributed by atoms with Crippen LogP contribution in [0, 0.1) is 5.92 Å². The lowest BCUT2D eigenvalue weighted by molar-refractivity contribution is -0.128. The van der Waals surface area contributed by atoms with Gasteiger partial charge in [-0.25, -0.2) is 0 Å². The molecule has 0 aromatic heterocycles. The van der Waals surface area contributed by atoms with E-state index in [0.717, 1.165) is 29.9 Å². The molecule has 1 aliphatic rings. The second kappa shape index (κ2) is 5.95. The number of ether oxygens (including phenoxy) is 2. The number of methoxy groups -OCH3 is 2. The van der Waals surface area contributed by atoms with E-state index in [1.54, 1.807) is 14.2 Å². The van der Waals surface area contributed by atoms with E-state index in [9.17, 15) is 4.79 Å². The molecular formula is C15H21NO3. The van der Waals surface area contributed by atoms with Crippen molar-refractivity contribution in [3.8, 4) is 11.5 Å². The van der Waals surface area contributed by atoms with E-state index in [4.69, 9.17) is 9.47 Å². The molecule has 19 heavy (non-hydrogen) atoms. The summed E-state index contributed by atoms with van der Waals surface area (Å²) in [6.07, 6.45) is 3.19. The molecule has 0 spiro atoms. The van der Waals surface area contributed by atoms with Gasteiger partial charge in [0, 0.05) is 17.5 Å². The Morgan fingerprint density at radius 2 is 2.05 bits per heavy atom. The van der Waals surface area contributed by atoms with Gasteiger partial charge in [0.25, 0.3) is 0 Å². The first kappa shape index (κ1) is 13.7. The van der Waals surface area contributed by atoms with E-state index < -0.39 is 0 Å². The van der Waals surface area contributed by atoms with Crippen LogP contribution in [0.25, 0.3) is 0 Å². The smallest absolute Gasteiger partial charge is 0.223 e. The Balaban J connectivity index is 2.08. The van der Waals surface area contributed by atoms with Gasteiger partial charge in [-0.15, -0.1) is 0 Å². The van der Waals surface area contributed by atoms with Crippen LogP contribution in [0.15, 0.2) is 18.2 Å². The number of benzene rings is 1. The average molecular weight is 263 g/mol. The first-order chi connectivity index (χ1) is 9.15. The fraction of sp³-hybridized carbons (Fsp3) is 0.533. The minimum Gasteiger partial charge on any atom is -0.497 e. The van der Waals surface area contributed by atoms with E-state index >= 15 is 0 Å². The Hall–Kier alpha value is -1.71. The molecule has 1 atom stereocenters. The molecular weight excluding hydrogens is 242 g/mol. The van der Waals surface area contributed by atoms with Crippen LogP contribution in [0.4, 0.5) is 0 Å². The Morgan fingerprint density at radius 3 is 2.58 bits per heavy atom. The maximum atomic E-state index is 12.0. The summed E-state index contributed by atoms with van der Waals surface area (Å²) < 4.78 is 10.5. The molecule has 0 saturated heterocycles.